The first-order valence-corrected chi connectivity index (χ1v) is 4.17. The van der Waals surface area contributed by atoms with Crippen LogP contribution in [0.4, 0.5) is 8.78 Å². The monoisotopic (exact) mass is 179 g/mol. The highest BCUT2D eigenvalue weighted by atomic mass is 19.3. The SMILES string of the molecule is CNC(O)C(F)(F)C1(C)CCC1. The molecule has 2 nitrogen and oxygen atoms in total. The van der Waals surface area contributed by atoms with E-state index in [0.717, 1.165) is 6.42 Å². The first-order valence-electron chi connectivity index (χ1n) is 4.17. The van der Waals surface area contributed by atoms with Gasteiger partial charge in [0.15, 0.2) is 6.23 Å². The zero-order chi connectivity index (χ0) is 9.41. The number of alkyl halides is 2. The van der Waals surface area contributed by atoms with Crippen LogP contribution in [0.3, 0.4) is 0 Å². The first-order chi connectivity index (χ1) is 5.44. The number of aliphatic hydroxyl groups excluding tert-OH is 1. The number of nitrogens with one attached hydrogen (secondary N) is 1. The molecule has 0 amide bonds. The number of hydrogen-bond acceptors (Lipinski definition) is 2. The summed E-state index contributed by atoms with van der Waals surface area (Å²) in [6.07, 6.45) is 0.114. The predicted molar refractivity (Wildman–Crippen MR) is 42.0 cm³/mol. The number of halogens is 2. The Morgan fingerprint density at radius 1 is 1.50 bits per heavy atom. The highest BCUT2D eigenvalue weighted by Gasteiger charge is 2.57. The standard InChI is InChI=1S/C8H15F2NO/c1-7(4-3-5-7)8(9,10)6(12)11-2/h6,11-12H,3-5H2,1-2H3. The minimum atomic E-state index is -3.01. The molecule has 72 valence electrons. The lowest BCUT2D eigenvalue weighted by molar-refractivity contribution is -0.219. The molecule has 0 saturated heterocycles. The molecule has 0 aromatic rings. The third-order valence-corrected chi connectivity index (χ3v) is 2.88. The third-order valence-electron chi connectivity index (χ3n) is 2.88. The quantitative estimate of drug-likeness (QED) is 0.641. The van der Waals surface area contributed by atoms with Crippen molar-refractivity contribution in [2.45, 2.75) is 38.3 Å². The van der Waals surface area contributed by atoms with E-state index in [0.29, 0.717) is 12.8 Å². The molecule has 1 fully saturated rings. The van der Waals surface area contributed by atoms with Gasteiger partial charge in [0.2, 0.25) is 0 Å². The summed E-state index contributed by atoms with van der Waals surface area (Å²) in [5, 5.41) is 11.2. The lowest BCUT2D eigenvalue weighted by atomic mass is 9.65. The van der Waals surface area contributed by atoms with Gasteiger partial charge in [-0.15, -0.1) is 0 Å². The van der Waals surface area contributed by atoms with Crippen molar-refractivity contribution in [3.05, 3.63) is 0 Å². The summed E-state index contributed by atoms with van der Waals surface area (Å²) in [5.74, 6) is -3.01. The third kappa shape index (κ3) is 1.23. The van der Waals surface area contributed by atoms with E-state index in [2.05, 4.69) is 5.32 Å². The van der Waals surface area contributed by atoms with Crippen molar-refractivity contribution in [2.24, 2.45) is 5.41 Å². The molecule has 0 aliphatic heterocycles. The molecule has 0 heterocycles. The molecule has 1 aliphatic carbocycles. The molecule has 0 radical (unpaired) electrons. The fourth-order valence-electron chi connectivity index (χ4n) is 1.55. The Morgan fingerprint density at radius 3 is 2.25 bits per heavy atom. The predicted octanol–water partition coefficient (Wildman–Crippen LogP) is 1.35. The van der Waals surface area contributed by atoms with Crippen LogP contribution in [0.1, 0.15) is 26.2 Å². The summed E-state index contributed by atoms with van der Waals surface area (Å²) < 4.78 is 26.7. The molecule has 0 aromatic carbocycles. The van der Waals surface area contributed by atoms with Crippen molar-refractivity contribution in [1.82, 2.24) is 5.32 Å². The van der Waals surface area contributed by atoms with Crippen molar-refractivity contribution in [1.29, 1.82) is 0 Å². The van der Waals surface area contributed by atoms with E-state index >= 15 is 0 Å². The highest BCUT2D eigenvalue weighted by molar-refractivity contribution is 4.97. The lowest BCUT2D eigenvalue weighted by Crippen LogP contribution is -2.56. The molecule has 12 heavy (non-hydrogen) atoms. The van der Waals surface area contributed by atoms with E-state index in [1.165, 1.54) is 14.0 Å². The summed E-state index contributed by atoms with van der Waals surface area (Å²) in [5.41, 5.74) is -1.00. The second kappa shape index (κ2) is 2.92. The molecular formula is C8H15F2NO. The van der Waals surface area contributed by atoms with E-state index < -0.39 is 17.6 Å². The molecule has 0 spiro atoms. The van der Waals surface area contributed by atoms with Gasteiger partial charge in [0.1, 0.15) is 0 Å². The fraction of sp³-hybridized carbons (Fsp3) is 1.00. The van der Waals surface area contributed by atoms with E-state index in [9.17, 15) is 8.78 Å². The summed E-state index contributed by atoms with van der Waals surface area (Å²) in [4.78, 5) is 0. The lowest BCUT2D eigenvalue weighted by Gasteiger charge is -2.46. The molecule has 1 aliphatic rings. The topological polar surface area (TPSA) is 32.3 Å². The molecule has 0 bridgehead atoms. The summed E-state index contributed by atoms with van der Waals surface area (Å²) >= 11 is 0. The molecular weight excluding hydrogens is 164 g/mol. The number of aliphatic hydroxyl groups is 1. The maximum Gasteiger partial charge on any atom is 0.291 e. The average molecular weight is 179 g/mol. The van der Waals surface area contributed by atoms with Crippen LogP contribution in [0.25, 0.3) is 0 Å². The Morgan fingerprint density at radius 2 is 2.00 bits per heavy atom. The van der Waals surface area contributed by atoms with Crippen molar-refractivity contribution < 1.29 is 13.9 Å². The smallest absolute Gasteiger partial charge is 0.291 e. The van der Waals surface area contributed by atoms with Crippen LogP contribution in [0, 0.1) is 5.41 Å². The van der Waals surface area contributed by atoms with Gasteiger partial charge in [-0.2, -0.15) is 0 Å². The molecule has 1 saturated carbocycles. The summed E-state index contributed by atoms with van der Waals surface area (Å²) in [6.45, 7) is 1.52. The Labute approximate surface area is 71.0 Å². The van der Waals surface area contributed by atoms with Gasteiger partial charge < -0.3 is 5.11 Å². The normalized spacial score (nSPS) is 24.8. The zero-order valence-corrected chi connectivity index (χ0v) is 7.40. The maximum absolute atomic E-state index is 13.3. The highest BCUT2D eigenvalue weighted by Crippen LogP contribution is 2.52. The van der Waals surface area contributed by atoms with Crippen molar-refractivity contribution in [2.75, 3.05) is 7.05 Å². The molecule has 4 heteroatoms. The summed E-state index contributed by atoms with van der Waals surface area (Å²) in [7, 11) is 1.33. The van der Waals surface area contributed by atoms with Gasteiger partial charge in [-0.05, 0) is 19.9 Å². The Balaban J connectivity index is 2.69. The van der Waals surface area contributed by atoms with Gasteiger partial charge in [0.05, 0.1) is 0 Å². The van der Waals surface area contributed by atoms with Gasteiger partial charge in [0.25, 0.3) is 5.92 Å². The van der Waals surface area contributed by atoms with Crippen molar-refractivity contribution in [3.63, 3.8) is 0 Å². The molecule has 1 rings (SSSR count). The molecule has 0 aromatic heterocycles. The molecule has 2 N–H and O–H groups in total. The van der Waals surface area contributed by atoms with Crippen LogP contribution in [0.15, 0.2) is 0 Å². The van der Waals surface area contributed by atoms with E-state index in [1.807, 2.05) is 0 Å². The zero-order valence-electron chi connectivity index (χ0n) is 7.40. The fourth-order valence-corrected chi connectivity index (χ4v) is 1.55. The minimum absolute atomic E-state index is 0.499. The van der Waals surface area contributed by atoms with Crippen LogP contribution >= 0.6 is 0 Å². The van der Waals surface area contributed by atoms with E-state index in [4.69, 9.17) is 5.11 Å². The van der Waals surface area contributed by atoms with Gasteiger partial charge >= 0.3 is 0 Å². The summed E-state index contributed by atoms with van der Waals surface area (Å²) in [6, 6.07) is 0. The molecule has 1 unspecified atom stereocenters. The Bertz CT molecular complexity index is 168. The van der Waals surface area contributed by atoms with Crippen molar-refractivity contribution in [3.8, 4) is 0 Å². The van der Waals surface area contributed by atoms with Gasteiger partial charge in [0, 0.05) is 5.41 Å². The largest absolute Gasteiger partial charge is 0.372 e. The van der Waals surface area contributed by atoms with Crippen molar-refractivity contribution >= 4 is 0 Å². The number of hydrogen-bond donors (Lipinski definition) is 2. The van der Waals surface area contributed by atoms with Crippen LogP contribution < -0.4 is 5.32 Å². The van der Waals surface area contributed by atoms with Crippen LogP contribution in [-0.2, 0) is 0 Å². The second-order valence-corrected chi connectivity index (χ2v) is 3.73. The Kier molecular flexibility index (Phi) is 2.40. The van der Waals surface area contributed by atoms with Crippen LogP contribution in [0.2, 0.25) is 0 Å². The van der Waals surface area contributed by atoms with E-state index in [-0.39, 0.29) is 0 Å². The Hall–Kier alpha value is -0.220. The van der Waals surface area contributed by atoms with E-state index in [1.54, 1.807) is 0 Å². The minimum Gasteiger partial charge on any atom is -0.372 e. The first kappa shape index (κ1) is 9.86. The maximum atomic E-state index is 13.3. The molecule has 1 atom stereocenters. The van der Waals surface area contributed by atoms with Crippen LogP contribution in [-0.4, -0.2) is 24.3 Å². The number of rotatable bonds is 3. The second-order valence-electron chi connectivity index (χ2n) is 3.73. The average Bonchev–Trinajstić information content (AvgIpc) is 1.98. The van der Waals surface area contributed by atoms with Crippen LogP contribution in [0.5, 0.6) is 0 Å². The van der Waals surface area contributed by atoms with Gasteiger partial charge in [-0.3, -0.25) is 5.32 Å². The van der Waals surface area contributed by atoms with Gasteiger partial charge in [-0.1, -0.05) is 13.3 Å². The van der Waals surface area contributed by atoms with Gasteiger partial charge in [-0.25, -0.2) is 8.78 Å².